The zero-order chi connectivity index (χ0) is 15.9. The summed E-state index contributed by atoms with van der Waals surface area (Å²) in [5.41, 5.74) is 5.59. The molecule has 0 saturated carbocycles. The molecule has 120 valence electrons. The van der Waals surface area contributed by atoms with Crippen molar-refractivity contribution in [3.05, 3.63) is 34.6 Å². The zero-order valence-corrected chi connectivity index (χ0v) is 14.7. The first kappa shape index (κ1) is 16.9. The first-order valence-corrected chi connectivity index (χ1v) is 8.77. The average molecular weight is 318 g/mol. The molecule has 2 aromatic rings. The molecule has 3 nitrogen and oxygen atoms in total. The molecule has 4 heteroatoms. The van der Waals surface area contributed by atoms with Crippen molar-refractivity contribution in [2.24, 2.45) is 5.92 Å². The molecule has 22 heavy (non-hydrogen) atoms. The Morgan fingerprint density at radius 3 is 2.82 bits per heavy atom. The predicted octanol–water partition coefficient (Wildman–Crippen LogP) is 5.09. The maximum absolute atomic E-state index is 5.61. The predicted molar refractivity (Wildman–Crippen MR) is 97.5 cm³/mol. The van der Waals surface area contributed by atoms with E-state index in [2.05, 4.69) is 43.3 Å². The third kappa shape index (κ3) is 4.29. The molecule has 1 N–H and O–H groups in total. The maximum Gasteiger partial charge on any atom is 0.159 e. The Balaban J connectivity index is 2.06. The highest BCUT2D eigenvalue weighted by Crippen LogP contribution is 2.16. The Hall–Kier alpha value is -1.42. The number of pyridine rings is 2. The molecule has 0 aromatic carbocycles. The van der Waals surface area contributed by atoms with Crippen LogP contribution in [-0.2, 0) is 6.42 Å². The summed E-state index contributed by atoms with van der Waals surface area (Å²) in [6.45, 7) is 7.64. The van der Waals surface area contributed by atoms with Gasteiger partial charge in [-0.1, -0.05) is 52.3 Å². The molecule has 0 saturated heterocycles. The summed E-state index contributed by atoms with van der Waals surface area (Å²) in [6, 6.07) is 6.23. The largest absolute Gasteiger partial charge is 0.323 e. The molecule has 0 unspecified atom stereocenters. The first-order chi connectivity index (χ1) is 10.6. The molecule has 0 amide bonds. The van der Waals surface area contributed by atoms with Crippen molar-refractivity contribution in [2.75, 3.05) is 12.0 Å². The fourth-order valence-electron chi connectivity index (χ4n) is 2.64. The second-order valence-electron chi connectivity index (χ2n) is 6.23. The van der Waals surface area contributed by atoms with Crippen LogP contribution in [0.25, 0.3) is 11.0 Å². The van der Waals surface area contributed by atoms with E-state index in [4.69, 9.17) is 12.2 Å². The monoisotopic (exact) mass is 317 g/mol. The zero-order valence-electron chi connectivity index (χ0n) is 13.9. The van der Waals surface area contributed by atoms with Crippen molar-refractivity contribution in [3.63, 3.8) is 0 Å². The number of fused-ring (bicyclic) bond motifs is 1. The normalized spacial score (nSPS) is 11.3. The fraction of sp³-hybridized carbons (Fsp3) is 0.556. The number of unbranched alkanes of at least 4 members (excludes halogenated alkanes) is 2. The fourth-order valence-corrected chi connectivity index (χ4v) is 3.00. The molecule has 0 spiro atoms. The highest BCUT2D eigenvalue weighted by molar-refractivity contribution is 7.71. The second kappa shape index (κ2) is 8.28. The van der Waals surface area contributed by atoms with Crippen LogP contribution in [-0.4, -0.2) is 16.2 Å². The van der Waals surface area contributed by atoms with Crippen LogP contribution in [0.5, 0.6) is 0 Å². The van der Waals surface area contributed by atoms with E-state index in [1.54, 1.807) is 0 Å². The van der Waals surface area contributed by atoms with E-state index < -0.39 is 0 Å². The highest BCUT2D eigenvalue weighted by atomic mass is 32.1. The number of aryl methyl sites for hydroxylation is 1. The number of rotatable bonds is 8. The quantitative estimate of drug-likeness (QED) is 0.543. The van der Waals surface area contributed by atoms with Crippen molar-refractivity contribution in [3.8, 4) is 0 Å². The van der Waals surface area contributed by atoms with E-state index in [1.165, 1.54) is 31.2 Å². The van der Waals surface area contributed by atoms with Crippen LogP contribution < -0.4 is 5.43 Å². The average Bonchev–Trinajstić information content (AvgIpc) is 2.51. The number of hydrogen-bond donors (Lipinski definition) is 1. The topological polar surface area (TPSA) is 29.9 Å². The van der Waals surface area contributed by atoms with Crippen molar-refractivity contribution in [1.82, 2.24) is 9.66 Å². The Bertz CT molecular complexity index is 661. The van der Waals surface area contributed by atoms with Gasteiger partial charge in [-0.2, -0.15) is 0 Å². The van der Waals surface area contributed by atoms with Crippen LogP contribution in [0, 0.1) is 10.6 Å². The lowest BCUT2D eigenvalue weighted by molar-refractivity contribution is 0.528. The molecule has 0 atom stereocenters. The van der Waals surface area contributed by atoms with E-state index in [-0.39, 0.29) is 0 Å². The van der Waals surface area contributed by atoms with Crippen LogP contribution in [0.15, 0.2) is 24.4 Å². The minimum atomic E-state index is 0.802. The van der Waals surface area contributed by atoms with Gasteiger partial charge in [0.2, 0.25) is 0 Å². The van der Waals surface area contributed by atoms with Gasteiger partial charge in [0.25, 0.3) is 0 Å². The van der Waals surface area contributed by atoms with Crippen LogP contribution >= 0.6 is 12.2 Å². The number of nitrogens with zero attached hydrogens (tertiary/aromatic N) is 2. The SMILES string of the molecule is CCc1cc2cccnc2n(NCCCCCC(C)C)c1=S. The number of nitrogens with one attached hydrogen (secondary N) is 1. The highest BCUT2D eigenvalue weighted by Gasteiger charge is 2.06. The standard InChI is InChI=1S/C18H27N3S/c1-4-15-13-16-10-8-11-19-17(16)21(18(15)22)20-12-7-5-6-9-14(2)3/h8,10-11,13-14,20H,4-7,9,12H2,1-3H3. The lowest BCUT2D eigenvalue weighted by Crippen LogP contribution is -2.19. The minimum absolute atomic E-state index is 0.802. The van der Waals surface area contributed by atoms with Gasteiger partial charge in [0.1, 0.15) is 4.64 Å². The van der Waals surface area contributed by atoms with Crippen LogP contribution in [0.4, 0.5) is 0 Å². The summed E-state index contributed by atoms with van der Waals surface area (Å²) < 4.78 is 2.85. The van der Waals surface area contributed by atoms with Crippen LogP contribution in [0.2, 0.25) is 0 Å². The molecule has 0 bridgehead atoms. The Morgan fingerprint density at radius 1 is 1.27 bits per heavy atom. The lowest BCUT2D eigenvalue weighted by Gasteiger charge is -2.15. The number of hydrogen-bond acceptors (Lipinski definition) is 3. The summed E-state index contributed by atoms with van der Waals surface area (Å²) in [7, 11) is 0. The molecule has 2 heterocycles. The summed E-state index contributed by atoms with van der Waals surface area (Å²) in [6.07, 6.45) is 7.81. The Morgan fingerprint density at radius 2 is 2.09 bits per heavy atom. The molecule has 2 rings (SSSR count). The van der Waals surface area contributed by atoms with Gasteiger partial charge in [-0.15, -0.1) is 0 Å². The summed E-state index contributed by atoms with van der Waals surface area (Å²) in [5, 5.41) is 1.14. The van der Waals surface area contributed by atoms with Crippen molar-refractivity contribution in [2.45, 2.75) is 52.9 Å². The molecule has 0 aliphatic carbocycles. The molecule has 0 aliphatic rings. The van der Waals surface area contributed by atoms with E-state index >= 15 is 0 Å². The van der Waals surface area contributed by atoms with Crippen LogP contribution in [0.1, 0.15) is 52.0 Å². The maximum atomic E-state index is 5.61. The van der Waals surface area contributed by atoms with Gasteiger partial charge in [-0.05, 0) is 42.5 Å². The van der Waals surface area contributed by atoms with E-state index in [0.717, 1.165) is 34.6 Å². The van der Waals surface area contributed by atoms with Gasteiger partial charge >= 0.3 is 0 Å². The molecule has 0 aliphatic heterocycles. The summed E-state index contributed by atoms with van der Waals surface area (Å²) in [5.74, 6) is 0.802. The lowest BCUT2D eigenvalue weighted by atomic mass is 10.1. The van der Waals surface area contributed by atoms with Gasteiger partial charge in [0, 0.05) is 18.1 Å². The van der Waals surface area contributed by atoms with Gasteiger partial charge in [0.05, 0.1) is 0 Å². The van der Waals surface area contributed by atoms with E-state index in [1.807, 2.05) is 16.9 Å². The first-order valence-electron chi connectivity index (χ1n) is 8.37. The number of aromatic nitrogens is 2. The van der Waals surface area contributed by atoms with Crippen molar-refractivity contribution >= 4 is 23.3 Å². The summed E-state index contributed by atoms with van der Waals surface area (Å²) in [4.78, 5) is 4.49. The molecular formula is C18H27N3S. The molecule has 0 radical (unpaired) electrons. The molecule has 0 fully saturated rings. The third-order valence-corrected chi connectivity index (χ3v) is 4.39. The Labute approximate surface area is 138 Å². The van der Waals surface area contributed by atoms with E-state index in [0.29, 0.717) is 0 Å². The van der Waals surface area contributed by atoms with Crippen LogP contribution in [0.3, 0.4) is 0 Å². The van der Waals surface area contributed by atoms with Gasteiger partial charge in [0.15, 0.2) is 5.65 Å². The van der Waals surface area contributed by atoms with Gasteiger partial charge in [-0.3, -0.25) is 0 Å². The molecule has 2 aromatic heterocycles. The van der Waals surface area contributed by atoms with E-state index in [9.17, 15) is 0 Å². The third-order valence-electron chi connectivity index (χ3n) is 3.95. The second-order valence-corrected chi connectivity index (χ2v) is 6.62. The van der Waals surface area contributed by atoms with Crippen molar-refractivity contribution < 1.29 is 0 Å². The van der Waals surface area contributed by atoms with Crippen molar-refractivity contribution in [1.29, 1.82) is 0 Å². The van der Waals surface area contributed by atoms with Gasteiger partial charge in [-0.25, -0.2) is 9.66 Å². The van der Waals surface area contributed by atoms with Gasteiger partial charge < -0.3 is 5.43 Å². The smallest absolute Gasteiger partial charge is 0.159 e. The minimum Gasteiger partial charge on any atom is -0.323 e. The summed E-state index contributed by atoms with van der Waals surface area (Å²) >= 11 is 5.61. The Kier molecular flexibility index (Phi) is 6.37. The molecular weight excluding hydrogens is 290 g/mol.